The molecule has 1 aromatic carbocycles. The molecule has 0 fully saturated rings. The highest BCUT2D eigenvalue weighted by atomic mass is 15.3. The molecule has 0 aliphatic rings. The molecule has 0 saturated heterocycles. The molecule has 0 unspecified atom stereocenters. The average molecular weight is 253 g/mol. The van der Waals surface area contributed by atoms with Crippen LogP contribution < -0.4 is 5.32 Å². The van der Waals surface area contributed by atoms with Crippen LogP contribution in [0, 0.1) is 0 Å². The molecule has 0 bridgehead atoms. The van der Waals surface area contributed by atoms with Gasteiger partial charge in [-0.1, -0.05) is 12.1 Å². The van der Waals surface area contributed by atoms with Gasteiger partial charge in [0.15, 0.2) is 0 Å². The van der Waals surface area contributed by atoms with Crippen LogP contribution in [0.25, 0.3) is 5.69 Å². The van der Waals surface area contributed by atoms with Crippen LogP contribution in [0.4, 0.5) is 0 Å². The monoisotopic (exact) mass is 253 g/mol. The molecule has 0 saturated carbocycles. The fraction of sp³-hybridized carbons (Fsp3) is 0.143. The van der Waals surface area contributed by atoms with Crippen molar-refractivity contribution < 1.29 is 0 Å². The molecule has 3 rings (SSSR count). The Kier molecular flexibility index (Phi) is 3.38. The first kappa shape index (κ1) is 11.7. The molecule has 19 heavy (non-hydrogen) atoms. The maximum absolute atomic E-state index is 4.20. The number of nitrogens with one attached hydrogen (secondary N) is 2. The van der Waals surface area contributed by atoms with E-state index in [9.17, 15) is 0 Å². The Morgan fingerprint density at radius 1 is 1.16 bits per heavy atom. The number of benzene rings is 1. The Hall–Kier alpha value is -2.40. The lowest BCUT2D eigenvalue weighted by Gasteiger charge is -2.05. The molecule has 0 radical (unpaired) electrons. The summed E-state index contributed by atoms with van der Waals surface area (Å²) in [5.41, 5.74) is 3.41. The predicted molar refractivity (Wildman–Crippen MR) is 72.7 cm³/mol. The average Bonchev–Trinajstić information content (AvgIpc) is 3.13. The highest BCUT2D eigenvalue weighted by Crippen LogP contribution is 2.08. The summed E-state index contributed by atoms with van der Waals surface area (Å²) >= 11 is 0. The second-order valence-corrected chi connectivity index (χ2v) is 4.30. The summed E-state index contributed by atoms with van der Waals surface area (Å²) in [4.78, 5) is 7.05. The van der Waals surface area contributed by atoms with Crippen molar-refractivity contribution in [1.82, 2.24) is 25.1 Å². The van der Waals surface area contributed by atoms with Crippen molar-refractivity contribution in [1.29, 1.82) is 0 Å². The Balaban J connectivity index is 1.57. The number of rotatable bonds is 5. The number of aromatic amines is 1. The molecule has 0 aliphatic heterocycles. The summed E-state index contributed by atoms with van der Waals surface area (Å²) in [7, 11) is 0. The number of imidazole rings is 1. The van der Waals surface area contributed by atoms with Crippen molar-refractivity contribution in [2.75, 3.05) is 0 Å². The minimum atomic E-state index is 0.793. The van der Waals surface area contributed by atoms with E-state index < -0.39 is 0 Å². The van der Waals surface area contributed by atoms with E-state index >= 15 is 0 Å². The predicted octanol–water partition coefficient (Wildman–Crippen LogP) is 1.89. The highest BCUT2D eigenvalue weighted by molar-refractivity contribution is 5.33. The summed E-state index contributed by atoms with van der Waals surface area (Å²) in [6.07, 6.45) is 7.23. The second kappa shape index (κ2) is 5.49. The molecule has 5 nitrogen and oxygen atoms in total. The zero-order valence-electron chi connectivity index (χ0n) is 10.5. The van der Waals surface area contributed by atoms with E-state index in [1.165, 1.54) is 5.56 Å². The number of aromatic nitrogens is 4. The van der Waals surface area contributed by atoms with Crippen LogP contribution in [0.3, 0.4) is 0 Å². The summed E-state index contributed by atoms with van der Waals surface area (Å²) in [5.74, 6) is 0. The lowest BCUT2D eigenvalue weighted by Crippen LogP contribution is -2.12. The number of hydrogen-bond acceptors (Lipinski definition) is 3. The van der Waals surface area contributed by atoms with E-state index in [1.54, 1.807) is 12.5 Å². The molecule has 96 valence electrons. The van der Waals surface area contributed by atoms with Crippen LogP contribution in [0.5, 0.6) is 0 Å². The number of nitrogens with zero attached hydrogens (tertiary/aromatic N) is 3. The van der Waals surface area contributed by atoms with Crippen molar-refractivity contribution in [2.45, 2.75) is 13.1 Å². The van der Waals surface area contributed by atoms with Crippen molar-refractivity contribution in [3.63, 3.8) is 0 Å². The molecule has 0 spiro atoms. The third kappa shape index (κ3) is 2.89. The standard InChI is InChI=1S/C14H15N5/c1-6-18-19(7-1)14-4-2-12(3-5-14)8-15-9-13-10-16-11-17-13/h1-7,10-11,15H,8-9H2,(H,16,17). The molecule has 2 N–H and O–H groups in total. The summed E-state index contributed by atoms with van der Waals surface area (Å²) in [6, 6.07) is 10.3. The molecule has 2 heterocycles. The van der Waals surface area contributed by atoms with E-state index in [4.69, 9.17) is 0 Å². The Bertz CT molecular complexity index is 596. The summed E-state index contributed by atoms with van der Waals surface area (Å²) < 4.78 is 1.85. The van der Waals surface area contributed by atoms with Crippen LogP contribution >= 0.6 is 0 Å². The lowest BCUT2D eigenvalue weighted by atomic mass is 10.2. The van der Waals surface area contributed by atoms with Gasteiger partial charge in [0.1, 0.15) is 0 Å². The molecule has 0 amide bonds. The zero-order valence-corrected chi connectivity index (χ0v) is 10.5. The van der Waals surface area contributed by atoms with Crippen molar-refractivity contribution in [3.05, 3.63) is 66.5 Å². The van der Waals surface area contributed by atoms with E-state index in [1.807, 2.05) is 23.1 Å². The van der Waals surface area contributed by atoms with Gasteiger partial charge in [-0.3, -0.25) is 0 Å². The van der Waals surface area contributed by atoms with E-state index in [0.29, 0.717) is 0 Å². The Morgan fingerprint density at radius 2 is 2.05 bits per heavy atom. The molecular weight excluding hydrogens is 238 g/mol. The number of hydrogen-bond donors (Lipinski definition) is 2. The first-order valence-corrected chi connectivity index (χ1v) is 6.19. The highest BCUT2D eigenvalue weighted by Gasteiger charge is 1.98. The van der Waals surface area contributed by atoms with Crippen molar-refractivity contribution in [2.24, 2.45) is 0 Å². The number of H-pyrrole nitrogens is 1. The lowest BCUT2D eigenvalue weighted by molar-refractivity contribution is 0.682. The third-order valence-corrected chi connectivity index (χ3v) is 2.90. The fourth-order valence-electron chi connectivity index (χ4n) is 1.91. The molecular formula is C14H15N5. The second-order valence-electron chi connectivity index (χ2n) is 4.30. The van der Waals surface area contributed by atoms with Crippen molar-refractivity contribution in [3.8, 4) is 5.69 Å². The SMILES string of the molecule is c1cnn(-c2ccc(CNCc3cnc[nH]3)cc2)c1. The molecule has 0 atom stereocenters. The van der Waals surface area contributed by atoms with Gasteiger partial charge in [-0.2, -0.15) is 5.10 Å². The van der Waals surface area contributed by atoms with Gasteiger partial charge in [0.25, 0.3) is 0 Å². The maximum atomic E-state index is 4.20. The minimum Gasteiger partial charge on any atom is -0.347 e. The quantitative estimate of drug-likeness (QED) is 0.730. The fourth-order valence-corrected chi connectivity index (χ4v) is 1.91. The zero-order chi connectivity index (χ0) is 12.9. The van der Waals surface area contributed by atoms with Gasteiger partial charge < -0.3 is 10.3 Å². The van der Waals surface area contributed by atoms with Gasteiger partial charge in [0.05, 0.1) is 12.0 Å². The van der Waals surface area contributed by atoms with Gasteiger partial charge >= 0.3 is 0 Å². The Morgan fingerprint density at radius 3 is 2.74 bits per heavy atom. The first-order valence-electron chi connectivity index (χ1n) is 6.19. The van der Waals surface area contributed by atoms with Crippen LogP contribution in [-0.2, 0) is 13.1 Å². The van der Waals surface area contributed by atoms with Crippen LogP contribution in [0.1, 0.15) is 11.3 Å². The minimum absolute atomic E-state index is 0.793. The van der Waals surface area contributed by atoms with Gasteiger partial charge in [0.2, 0.25) is 0 Å². The van der Waals surface area contributed by atoms with E-state index in [2.05, 4.69) is 44.6 Å². The first-order chi connectivity index (χ1) is 9.42. The topological polar surface area (TPSA) is 58.5 Å². The van der Waals surface area contributed by atoms with Crippen LogP contribution in [0.15, 0.2) is 55.2 Å². The Labute approximate surface area is 111 Å². The molecule has 3 aromatic rings. The molecule has 2 aromatic heterocycles. The summed E-state index contributed by atoms with van der Waals surface area (Å²) in [6.45, 7) is 1.62. The van der Waals surface area contributed by atoms with Gasteiger partial charge in [-0.15, -0.1) is 0 Å². The normalized spacial score (nSPS) is 10.7. The largest absolute Gasteiger partial charge is 0.347 e. The molecule has 5 heteroatoms. The van der Waals surface area contributed by atoms with Gasteiger partial charge in [-0.05, 0) is 23.8 Å². The van der Waals surface area contributed by atoms with Crippen LogP contribution in [-0.4, -0.2) is 19.7 Å². The summed E-state index contributed by atoms with van der Waals surface area (Å²) in [5, 5.41) is 7.57. The smallest absolute Gasteiger partial charge is 0.0922 e. The van der Waals surface area contributed by atoms with E-state index in [0.717, 1.165) is 24.5 Å². The van der Waals surface area contributed by atoms with E-state index in [-0.39, 0.29) is 0 Å². The van der Waals surface area contributed by atoms with Crippen molar-refractivity contribution >= 4 is 0 Å². The molecule has 0 aliphatic carbocycles. The third-order valence-electron chi connectivity index (χ3n) is 2.90. The van der Waals surface area contributed by atoms with Gasteiger partial charge in [0, 0.05) is 37.4 Å². The maximum Gasteiger partial charge on any atom is 0.0922 e. The van der Waals surface area contributed by atoms with Crippen LogP contribution in [0.2, 0.25) is 0 Å². The van der Waals surface area contributed by atoms with Gasteiger partial charge in [-0.25, -0.2) is 9.67 Å².